The van der Waals surface area contributed by atoms with Crippen LogP contribution in [0.1, 0.15) is 20.8 Å². The average molecular weight is 276 g/mol. The molecule has 0 saturated heterocycles. The van der Waals surface area contributed by atoms with Gasteiger partial charge in [-0.1, -0.05) is 23.2 Å². The van der Waals surface area contributed by atoms with Crippen LogP contribution in [0, 0.1) is 6.92 Å². The third-order valence-corrected chi connectivity index (χ3v) is 4.25. The summed E-state index contributed by atoms with van der Waals surface area (Å²) in [5.74, 6) is -0.0214. The molecule has 18 heavy (non-hydrogen) atoms. The van der Waals surface area contributed by atoms with Crippen LogP contribution < -0.4 is 0 Å². The molecule has 0 atom stereocenters. The number of ketones is 1. The van der Waals surface area contributed by atoms with Gasteiger partial charge in [-0.2, -0.15) is 0 Å². The average Bonchev–Trinajstić information content (AvgIpc) is 2.94. The number of aryl methyl sites for hydroxylation is 1. The molecule has 0 saturated carbocycles. The fourth-order valence-electron chi connectivity index (χ4n) is 2.00. The Morgan fingerprint density at radius 1 is 1.33 bits per heavy atom. The zero-order valence-corrected chi connectivity index (χ0v) is 11.2. The van der Waals surface area contributed by atoms with E-state index >= 15 is 0 Å². The Bertz CT molecular complexity index is 741. The van der Waals surface area contributed by atoms with Gasteiger partial charge in [-0.05, 0) is 30.5 Å². The maximum absolute atomic E-state index is 12.4. The quantitative estimate of drug-likeness (QED) is 0.690. The molecule has 3 rings (SSSR count). The lowest BCUT2D eigenvalue weighted by molar-refractivity contribution is 0.104. The van der Waals surface area contributed by atoms with Crippen molar-refractivity contribution in [3.05, 3.63) is 56.9 Å². The van der Waals surface area contributed by atoms with E-state index in [1.165, 1.54) is 11.3 Å². The highest BCUT2D eigenvalue weighted by atomic mass is 35.5. The van der Waals surface area contributed by atoms with Crippen LogP contribution in [0.2, 0.25) is 5.02 Å². The normalized spacial score (nSPS) is 11.0. The van der Waals surface area contributed by atoms with Gasteiger partial charge < -0.3 is 4.98 Å². The van der Waals surface area contributed by atoms with E-state index in [0.29, 0.717) is 15.5 Å². The number of hydrogen-bond donors (Lipinski definition) is 1. The van der Waals surface area contributed by atoms with E-state index in [-0.39, 0.29) is 5.78 Å². The molecule has 0 amide bonds. The highest BCUT2D eigenvalue weighted by molar-refractivity contribution is 7.13. The van der Waals surface area contributed by atoms with Gasteiger partial charge in [-0.3, -0.25) is 4.79 Å². The number of benzene rings is 1. The summed E-state index contributed by atoms with van der Waals surface area (Å²) >= 11 is 7.39. The Kier molecular flexibility index (Phi) is 2.73. The van der Waals surface area contributed by atoms with Crippen molar-refractivity contribution < 1.29 is 4.79 Å². The van der Waals surface area contributed by atoms with E-state index < -0.39 is 0 Å². The lowest BCUT2D eigenvalue weighted by Gasteiger charge is -1.98. The maximum atomic E-state index is 12.4. The van der Waals surface area contributed by atoms with Gasteiger partial charge in [0, 0.05) is 22.7 Å². The summed E-state index contributed by atoms with van der Waals surface area (Å²) in [6.07, 6.45) is 1.75. The third-order valence-electron chi connectivity index (χ3n) is 2.91. The molecule has 2 heterocycles. The monoisotopic (exact) mass is 275 g/mol. The summed E-state index contributed by atoms with van der Waals surface area (Å²) in [4.78, 5) is 16.1. The second kappa shape index (κ2) is 4.26. The summed E-state index contributed by atoms with van der Waals surface area (Å²) in [6.45, 7) is 2.01. The number of aromatic amines is 1. The zero-order valence-electron chi connectivity index (χ0n) is 9.66. The van der Waals surface area contributed by atoms with E-state index in [1.807, 2.05) is 30.5 Å². The molecular formula is C14H10ClNOS. The van der Waals surface area contributed by atoms with Crippen LogP contribution in [-0.4, -0.2) is 10.8 Å². The lowest BCUT2D eigenvalue weighted by atomic mass is 10.1. The Morgan fingerprint density at radius 2 is 2.17 bits per heavy atom. The van der Waals surface area contributed by atoms with Crippen molar-refractivity contribution in [1.29, 1.82) is 0 Å². The molecule has 0 aliphatic heterocycles. The first-order valence-corrected chi connectivity index (χ1v) is 6.78. The van der Waals surface area contributed by atoms with E-state index in [2.05, 4.69) is 4.98 Å². The SMILES string of the molecule is Cc1ccc2[nH]cc(C(=O)c3sccc3Cl)c2c1. The minimum Gasteiger partial charge on any atom is -0.360 e. The molecule has 0 fully saturated rings. The molecule has 4 heteroatoms. The van der Waals surface area contributed by atoms with Gasteiger partial charge in [0.25, 0.3) is 0 Å². The summed E-state index contributed by atoms with van der Waals surface area (Å²) in [5, 5.41) is 3.30. The van der Waals surface area contributed by atoms with Crippen molar-refractivity contribution in [2.45, 2.75) is 6.92 Å². The first kappa shape index (κ1) is 11.5. The van der Waals surface area contributed by atoms with Gasteiger partial charge in [0.2, 0.25) is 5.78 Å². The van der Waals surface area contributed by atoms with Crippen LogP contribution in [0.15, 0.2) is 35.8 Å². The minimum absolute atomic E-state index is 0.0214. The van der Waals surface area contributed by atoms with Crippen molar-refractivity contribution >= 4 is 39.6 Å². The van der Waals surface area contributed by atoms with Crippen molar-refractivity contribution in [2.24, 2.45) is 0 Å². The van der Waals surface area contributed by atoms with Crippen LogP contribution in [0.5, 0.6) is 0 Å². The topological polar surface area (TPSA) is 32.9 Å². The molecule has 1 N–H and O–H groups in total. The number of aromatic nitrogens is 1. The molecule has 0 aliphatic rings. The van der Waals surface area contributed by atoms with E-state index in [9.17, 15) is 4.79 Å². The van der Waals surface area contributed by atoms with E-state index in [4.69, 9.17) is 11.6 Å². The molecule has 2 nitrogen and oxygen atoms in total. The van der Waals surface area contributed by atoms with E-state index in [0.717, 1.165) is 16.5 Å². The van der Waals surface area contributed by atoms with Crippen molar-refractivity contribution in [2.75, 3.05) is 0 Å². The zero-order chi connectivity index (χ0) is 12.7. The number of rotatable bonds is 2. The second-order valence-corrected chi connectivity index (χ2v) is 5.50. The van der Waals surface area contributed by atoms with Crippen molar-refractivity contribution in [3.8, 4) is 0 Å². The number of carbonyl (C=O) groups excluding carboxylic acids is 1. The molecule has 90 valence electrons. The Balaban J connectivity index is 2.18. The number of halogens is 1. The highest BCUT2D eigenvalue weighted by Crippen LogP contribution is 2.28. The summed E-state index contributed by atoms with van der Waals surface area (Å²) in [7, 11) is 0. The van der Waals surface area contributed by atoms with Crippen molar-refractivity contribution in [3.63, 3.8) is 0 Å². The fraction of sp³-hybridized carbons (Fsp3) is 0.0714. The van der Waals surface area contributed by atoms with Gasteiger partial charge in [0.15, 0.2) is 0 Å². The van der Waals surface area contributed by atoms with Gasteiger partial charge in [-0.15, -0.1) is 11.3 Å². The first-order chi connectivity index (χ1) is 8.66. The Labute approximate surface area is 113 Å². The fourth-order valence-corrected chi connectivity index (χ4v) is 3.10. The van der Waals surface area contributed by atoms with Crippen LogP contribution in [0.25, 0.3) is 10.9 Å². The molecular weight excluding hydrogens is 266 g/mol. The van der Waals surface area contributed by atoms with Gasteiger partial charge in [0.1, 0.15) is 0 Å². The Hall–Kier alpha value is -1.58. The Morgan fingerprint density at radius 3 is 2.89 bits per heavy atom. The predicted molar refractivity (Wildman–Crippen MR) is 75.8 cm³/mol. The van der Waals surface area contributed by atoms with Crippen LogP contribution in [-0.2, 0) is 0 Å². The first-order valence-electron chi connectivity index (χ1n) is 5.52. The summed E-state index contributed by atoms with van der Waals surface area (Å²) in [5.41, 5.74) is 2.78. The maximum Gasteiger partial charge on any atom is 0.206 e. The van der Waals surface area contributed by atoms with Gasteiger partial charge in [0.05, 0.1) is 9.90 Å². The molecule has 0 bridgehead atoms. The molecule has 3 aromatic rings. The van der Waals surface area contributed by atoms with Crippen LogP contribution >= 0.6 is 22.9 Å². The standard InChI is InChI=1S/C14H10ClNOS/c1-8-2-3-12-9(6-8)10(7-16-12)13(17)14-11(15)4-5-18-14/h2-7,16H,1H3. The molecule has 0 aliphatic carbocycles. The van der Waals surface area contributed by atoms with Crippen molar-refractivity contribution in [1.82, 2.24) is 4.98 Å². The molecule has 1 aromatic carbocycles. The largest absolute Gasteiger partial charge is 0.360 e. The highest BCUT2D eigenvalue weighted by Gasteiger charge is 2.17. The number of hydrogen-bond acceptors (Lipinski definition) is 2. The smallest absolute Gasteiger partial charge is 0.206 e. The van der Waals surface area contributed by atoms with Gasteiger partial charge >= 0.3 is 0 Å². The van der Waals surface area contributed by atoms with Crippen LogP contribution in [0.4, 0.5) is 0 Å². The van der Waals surface area contributed by atoms with E-state index in [1.54, 1.807) is 12.3 Å². The summed E-state index contributed by atoms with van der Waals surface area (Å²) < 4.78 is 0. The van der Waals surface area contributed by atoms with Gasteiger partial charge in [-0.25, -0.2) is 0 Å². The lowest BCUT2D eigenvalue weighted by Crippen LogP contribution is -1.97. The predicted octanol–water partition coefficient (Wildman–Crippen LogP) is 4.42. The second-order valence-electron chi connectivity index (χ2n) is 4.18. The molecule has 0 spiro atoms. The number of nitrogens with one attached hydrogen (secondary N) is 1. The number of fused-ring (bicyclic) bond motifs is 1. The number of carbonyl (C=O) groups is 1. The van der Waals surface area contributed by atoms with Crippen LogP contribution in [0.3, 0.4) is 0 Å². The number of H-pyrrole nitrogens is 1. The molecule has 2 aromatic heterocycles. The summed E-state index contributed by atoms with van der Waals surface area (Å²) in [6, 6.07) is 7.77. The number of thiophene rings is 1. The molecule has 0 radical (unpaired) electrons. The third kappa shape index (κ3) is 1.76. The minimum atomic E-state index is -0.0214. The molecule has 0 unspecified atom stereocenters.